The standard InChI is InChI=1S/C16H21NO3/c1-12(18)15-9-6-10-17(15)16(19)13(2)20-11-14-7-4-3-5-8-14/h3-5,7-8,13,15H,6,9-11H2,1-2H3/t13-,15?/m0/s1. The highest BCUT2D eigenvalue weighted by atomic mass is 16.5. The van der Waals surface area contributed by atoms with Crippen LogP contribution in [0.1, 0.15) is 32.3 Å². The average molecular weight is 275 g/mol. The number of nitrogens with zero attached hydrogens (tertiary/aromatic N) is 1. The molecule has 4 heteroatoms. The number of likely N-dealkylation sites (tertiary alicyclic amines) is 1. The number of hydrogen-bond donors (Lipinski definition) is 0. The molecule has 0 saturated carbocycles. The molecule has 1 unspecified atom stereocenters. The van der Waals surface area contributed by atoms with E-state index in [4.69, 9.17) is 4.74 Å². The molecule has 0 N–H and O–H groups in total. The van der Waals surface area contributed by atoms with Crippen LogP contribution in [0.4, 0.5) is 0 Å². The Kier molecular flexibility index (Phi) is 4.90. The monoisotopic (exact) mass is 275 g/mol. The molecule has 1 heterocycles. The van der Waals surface area contributed by atoms with Gasteiger partial charge in [0, 0.05) is 6.54 Å². The third-order valence-corrected chi connectivity index (χ3v) is 3.70. The van der Waals surface area contributed by atoms with E-state index in [0.717, 1.165) is 18.4 Å². The summed E-state index contributed by atoms with van der Waals surface area (Å²) in [6.07, 6.45) is 1.14. The van der Waals surface area contributed by atoms with Gasteiger partial charge in [-0.2, -0.15) is 0 Å². The van der Waals surface area contributed by atoms with Crippen LogP contribution in [0.2, 0.25) is 0 Å². The molecule has 1 saturated heterocycles. The van der Waals surface area contributed by atoms with Gasteiger partial charge >= 0.3 is 0 Å². The lowest BCUT2D eigenvalue weighted by Gasteiger charge is -2.25. The van der Waals surface area contributed by atoms with Gasteiger partial charge in [0.05, 0.1) is 12.6 Å². The Labute approximate surface area is 119 Å². The zero-order chi connectivity index (χ0) is 14.5. The van der Waals surface area contributed by atoms with Crippen LogP contribution in [0, 0.1) is 0 Å². The minimum absolute atomic E-state index is 0.0612. The molecule has 1 aromatic carbocycles. The highest BCUT2D eigenvalue weighted by Gasteiger charge is 2.34. The van der Waals surface area contributed by atoms with Crippen LogP contribution in [0.25, 0.3) is 0 Å². The number of carbonyl (C=O) groups excluding carboxylic acids is 2. The van der Waals surface area contributed by atoms with Crippen molar-refractivity contribution in [2.24, 2.45) is 0 Å². The van der Waals surface area contributed by atoms with Gasteiger partial charge in [0.1, 0.15) is 6.10 Å². The van der Waals surface area contributed by atoms with Crippen molar-refractivity contribution in [3.63, 3.8) is 0 Å². The lowest BCUT2D eigenvalue weighted by atomic mass is 10.1. The quantitative estimate of drug-likeness (QED) is 0.827. The number of hydrogen-bond acceptors (Lipinski definition) is 3. The van der Waals surface area contributed by atoms with E-state index in [0.29, 0.717) is 13.2 Å². The number of amides is 1. The van der Waals surface area contributed by atoms with E-state index in [2.05, 4.69) is 0 Å². The van der Waals surface area contributed by atoms with Gasteiger partial charge in [0.25, 0.3) is 5.91 Å². The van der Waals surface area contributed by atoms with Gasteiger partial charge in [-0.15, -0.1) is 0 Å². The van der Waals surface area contributed by atoms with E-state index in [-0.39, 0.29) is 17.7 Å². The SMILES string of the molecule is CC(=O)C1CCCN1C(=O)[C@H](C)OCc1ccccc1. The second kappa shape index (κ2) is 6.66. The van der Waals surface area contributed by atoms with Crippen molar-refractivity contribution in [2.75, 3.05) is 6.54 Å². The van der Waals surface area contributed by atoms with E-state index in [1.54, 1.807) is 18.7 Å². The molecule has 0 radical (unpaired) electrons. The van der Waals surface area contributed by atoms with Crippen LogP contribution < -0.4 is 0 Å². The molecule has 1 aliphatic rings. The molecule has 0 aromatic heterocycles. The molecule has 0 spiro atoms. The van der Waals surface area contributed by atoms with Crippen molar-refractivity contribution >= 4 is 11.7 Å². The molecule has 1 aromatic rings. The maximum Gasteiger partial charge on any atom is 0.252 e. The van der Waals surface area contributed by atoms with Gasteiger partial charge in [0.2, 0.25) is 0 Å². The van der Waals surface area contributed by atoms with E-state index in [1.165, 1.54) is 0 Å². The predicted molar refractivity (Wildman–Crippen MR) is 76.1 cm³/mol. The third-order valence-electron chi connectivity index (χ3n) is 3.70. The van der Waals surface area contributed by atoms with Crippen molar-refractivity contribution in [2.45, 2.75) is 45.4 Å². The van der Waals surface area contributed by atoms with Gasteiger partial charge in [-0.25, -0.2) is 0 Å². The average Bonchev–Trinajstić information content (AvgIpc) is 2.94. The lowest BCUT2D eigenvalue weighted by molar-refractivity contribution is -0.147. The number of benzene rings is 1. The number of ether oxygens (including phenoxy) is 1. The first-order chi connectivity index (χ1) is 9.59. The van der Waals surface area contributed by atoms with Crippen LogP contribution in [-0.2, 0) is 20.9 Å². The maximum atomic E-state index is 12.3. The topological polar surface area (TPSA) is 46.6 Å². The van der Waals surface area contributed by atoms with E-state index in [1.807, 2.05) is 30.3 Å². The Morgan fingerprint density at radius 2 is 2.05 bits per heavy atom. The Hall–Kier alpha value is -1.68. The summed E-state index contributed by atoms with van der Waals surface area (Å²) in [7, 11) is 0. The molecule has 4 nitrogen and oxygen atoms in total. The maximum absolute atomic E-state index is 12.3. The second-order valence-electron chi connectivity index (χ2n) is 5.24. The third kappa shape index (κ3) is 3.45. The Bertz CT molecular complexity index is 472. The number of Topliss-reactive ketones (excluding diaryl/α,β-unsaturated/α-hetero) is 1. The normalized spacial score (nSPS) is 19.9. The van der Waals surface area contributed by atoms with Crippen LogP contribution in [-0.4, -0.2) is 35.3 Å². The van der Waals surface area contributed by atoms with E-state index < -0.39 is 6.10 Å². The summed E-state index contributed by atoms with van der Waals surface area (Å²) in [6, 6.07) is 9.50. The van der Waals surface area contributed by atoms with E-state index >= 15 is 0 Å². The number of ketones is 1. The molecule has 20 heavy (non-hydrogen) atoms. The summed E-state index contributed by atoms with van der Waals surface area (Å²) in [5, 5.41) is 0. The molecule has 0 bridgehead atoms. The summed E-state index contributed by atoms with van der Waals surface area (Å²) in [6.45, 7) is 4.36. The molecule has 1 fully saturated rings. The molecular weight excluding hydrogens is 254 g/mol. The van der Waals surface area contributed by atoms with Gasteiger partial charge in [-0.3, -0.25) is 9.59 Å². The van der Waals surface area contributed by atoms with Crippen molar-refractivity contribution < 1.29 is 14.3 Å². The van der Waals surface area contributed by atoms with Crippen LogP contribution >= 0.6 is 0 Å². The number of carbonyl (C=O) groups is 2. The molecule has 2 rings (SSSR count). The van der Waals surface area contributed by atoms with Crippen molar-refractivity contribution in [3.8, 4) is 0 Å². The van der Waals surface area contributed by atoms with Crippen LogP contribution in [0.3, 0.4) is 0 Å². The fraction of sp³-hybridized carbons (Fsp3) is 0.500. The van der Waals surface area contributed by atoms with Crippen molar-refractivity contribution in [1.29, 1.82) is 0 Å². The van der Waals surface area contributed by atoms with Crippen molar-refractivity contribution in [3.05, 3.63) is 35.9 Å². The minimum atomic E-state index is -0.518. The summed E-state index contributed by atoms with van der Waals surface area (Å²) in [5.74, 6) is -0.0234. The first-order valence-corrected chi connectivity index (χ1v) is 7.06. The van der Waals surface area contributed by atoms with Crippen molar-refractivity contribution in [1.82, 2.24) is 4.90 Å². The van der Waals surface area contributed by atoms with Crippen LogP contribution in [0.5, 0.6) is 0 Å². The van der Waals surface area contributed by atoms with Gasteiger partial charge in [-0.05, 0) is 32.3 Å². The van der Waals surface area contributed by atoms with Gasteiger partial charge in [-0.1, -0.05) is 30.3 Å². The summed E-state index contributed by atoms with van der Waals surface area (Å²) in [4.78, 5) is 25.5. The van der Waals surface area contributed by atoms with Crippen LogP contribution in [0.15, 0.2) is 30.3 Å². The van der Waals surface area contributed by atoms with Gasteiger partial charge < -0.3 is 9.64 Å². The fourth-order valence-electron chi connectivity index (χ4n) is 2.55. The Balaban J connectivity index is 1.90. The zero-order valence-electron chi connectivity index (χ0n) is 12.0. The Morgan fingerprint density at radius 1 is 1.35 bits per heavy atom. The highest BCUT2D eigenvalue weighted by molar-refractivity contribution is 5.89. The highest BCUT2D eigenvalue weighted by Crippen LogP contribution is 2.20. The molecule has 108 valence electrons. The molecule has 1 amide bonds. The Morgan fingerprint density at radius 3 is 2.70 bits per heavy atom. The lowest BCUT2D eigenvalue weighted by Crippen LogP contribution is -2.44. The largest absolute Gasteiger partial charge is 0.364 e. The summed E-state index contributed by atoms with van der Waals surface area (Å²) in [5.41, 5.74) is 1.04. The molecule has 2 atom stereocenters. The smallest absolute Gasteiger partial charge is 0.252 e. The zero-order valence-corrected chi connectivity index (χ0v) is 12.0. The molecule has 1 aliphatic heterocycles. The summed E-state index contributed by atoms with van der Waals surface area (Å²) >= 11 is 0. The predicted octanol–water partition coefficient (Wildman–Crippen LogP) is 2.17. The number of rotatable bonds is 5. The van der Waals surface area contributed by atoms with E-state index in [9.17, 15) is 9.59 Å². The summed E-state index contributed by atoms with van der Waals surface area (Å²) < 4.78 is 5.63. The molecule has 0 aliphatic carbocycles. The first kappa shape index (κ1) is 14.7. The molecular formula is C16H21NO3. The fourth-order valence-corrected chi connectivity index (χ4v) is 2.55. The first-order valence-electron chi connectivity index (χ1n) is 7.06. The second-order valence-corrected chi connectivity index (χ2v) is 5.24. The minimum Gasteiger partial charge on any atom is -0.364 e. The van der Waals surface area contributed by atoms with Gasteiger partial charge in [0.15, 0.2) is 5.78 Å².